The molecule has 0 saturated heterocycles. The lowest BCUT2D eigenvalue weighted by atomic mass is 9.92. The first kappa shape index (κ1) is 16.1. The van der Waals surface area contributed by atoms with Gasteiger partial charge in [0, 0.05) is 6.61 Å². The van der Waals surface area contributed by atoms with Gasteiger partial charge in [0.1, 0.15) is 5.82 Å². The number of benzene rings is 1. The van der Waals surface area contributed by atoms with E-state index in [0.29, 0.717) is 12.5 Å². The third kappa shape index (κ3) is 4.56. The Morgan fingerprint density at radius 2 is 2.05 bits per heavy atom. The van der Waals surface area contributed by atoms with E-state index in [1.165, 1.54) is 6.07 Å². The zero-order chi connectivity index (χ0) is 14.4. The van der Waals surface area contributed by atoms with Gasteiger partial charge in [-0.15, -0.1) is 0 Å². The molecule has 108 valence electrons. The Hall–Kier alpha value is -0.970. The summed E-state index contributed by atoms with van der Waals surface area (Å²) < 4.78 is 18.9. The van der Waals surface area contributed by atoms with Crippen LogP contribution in [-0.2, 0) is 11.2 Å². The van der Waals surface area contributed by atoms with E-state index < -0.39 is 0 Å². The molecule has 19 heavy (non-hydrogen) atoms. The van der Waals surface area contributed by atoms with Crippen molar-refractivity contribution < 1.29 is 9.13 Å². The highest BCUT2D eigenvalue weighted by Crippen LogP contribution is 2.18. The number of hydrogen-bond acceptors (Lipinski definition) is 3. The molecule has 0 aliphatic heterocycles. The molecule has 0 saturated carbocycles. The van der Waals surface area contributed by atoms with E-state index in [2.05, 4.69) is 19.3 Å². The van der Waals surface area contributed by atoms with Crippen molar-refractivity contribution in [1.82, 2.24) is 5.43 Å². The van der Waals surface area contributed by atoms with Gasteiger partial charge in [0.25, 0.3) is 0 Å². The molecule has 0 heterocycles. The fraction of sp³-hybridized carbons (Fsp3) is 0.600. The molecule has 2 unspecified atom stereocenters. The van der Waals surface area contributed by atoms with Crippen LogP contribution in [0.5, 0.6) is 0 Å². The quantitative estimate of drug-likeness (QED) is 0.590. The van der Waals surface area contributed by atoms with Crippen LogP contribution < -0.4 is 11.3 Å². The van der Waals surface area contributed by atoms with Gasteiger partial charge < -0.3 is 4.74 Å². The van der Waals surface area contributed by atoms with E-state index >= 15 is 0 Å². The molecule has 3 N–H and O–H groups in total. The van der Waals surface area contributed by atoms with Crippen LogP contribution >= 0.6 is 0 Å². The van der Waals surface area contributed by atoms with Gasteiger partial charge in [0.15, 0.2) is 0 Å². The van der Waals surface area contributed by atoms with Gasteiger partial charge >= 0.3 is 0 Å². The highest BCUT2D eigenvalue weighted by molar-refractivity contribution is 5.27. The first-order valence-electron chi connectivity index (χ1n) is 6.82. The van der Waals surface area contributed by atoms with Gasteiger partial charge in [0.05, 0.1) is 12.1 Å². The minimum absolute atomic E-state index is 0.0177. The van der Waals surface area contributed by atoms with Crippen molar-refractivity contribution in [3.63, 3.8) is 0 Å². The van der Waals surface area contributed by atoms with Crippen LogP contribution in [0.4, 0.5) is 4.39 Å². The minimum Gasteiger partial charge on any atom is -0.377 e. The molecule has 0 bridgehead atoms. The fourth-order valence-corrected chi connectivity index (χ4v) is 2.36. The summed E-state index contributed by atoms with van der Waals surface area (Å²) >= 11 is 0. The zero-order valence-corrected chi connectivity index (χ0v) is 12.2. The number of ether oxygens (including phenoxy) is 1. The van der Waals surface area contributed by atoms with Gasteiger partial charge in [-0.05, 0) is 49.4 Å². The summed E-state index contributed by atoms with van der Waals surface area (Å²) in [4.78, 5) is 0. The molecule has 1 rings (SSSR count). The number of aryl methyl sites for hydroxylation is 1. The molecule has 0 aliphatic rings. The van der Waals surface area contributed by atoms with Gasteiger partial charge in [-0.1, -0.05) is 19.9 Å². The second-order valence-corrected chi connectivity index (χ2v) is 5.21. The predicted octanol–water partition coefficient (Wildman–Crippen LogP) is 2.57. The van der Waals surface area contributed by atoms with Crippen molar-refractivity contribution in [2.75, 3.05) is 6.61 Å². The lowest BCUT2D eigenvalue weighted by Gasteiger charge is -2.30. The Morgan fingerprint density at radius 1 is 1.37 bits per heavy atom. The summed E-state index contributed by atoms with van der Waals surface area (Å²) in [5, 5.41) is 0. The Balaban J connectivity index is 2.85. The Kier molecular flexibility index (Phi) is 6.42. The Morgan fingerprint density at radius 3 is 2.53 bits per heavy atom. The summed E-state index contributed by atoms with van der Waals surface area (Å²) in [6, 6.07) is 4.87. The number of nitrogens with two attached hydrogens (primary N) is 1. The molecule has 0 fully saturated rings. The number of rotatable bonds is 7. The fourth-order valence-electron chi connectivity index (χ4n) is 2.36. The van der Waals surface area contributed by atoms with Crippen LogP contribution in [0.15, 0.2) is 18.2 Å². The first-order chi connectivity index (χ1) is 8.99. The zero-order valence-electron chi connectivity index (χ0n) is 12.2. The van der Waals surface area contributed by atoms with Gasteiger partial charge in [-0.2, -0.15) is 0 Å². The van der Waals surface area contributed by atoms with E-state index in [1.807, 2.05) is 19.9 Å². The first-order valence-corrected chi connectivity index (χ1v) is 6.82. The molecular weight excluding hydrogens is 243 g/mol. The van der Waals surface area contributed by atoms with Gasteiger partial charge in [-0.3, -0.25) is 11.3 Å². The third-order valence-electron chi connectivity index (χ3n) is 3.37. The summed E-state index contributed by atoms with van der Waals surface area (Å²) in [6.45, 7) is 8.77. The average Bonchev–Trinajstić information content (AvgIpc) is 2.35. The SMILES string of the molecule is CCOC(C(C)C)C(Cc1ccc(F)cc1C)NN. The van der Waals surface area contributed by atoms with Crippen LogP contribution in [0.3, 0.4) is 0 Å². The lowest BCUT2D eigenvalue weighted by Crippen LogP contribution is -2.49. The molecule has 0 aliphatic carbocycles. The Labute approximate surface area is 115 Å². The summed E-state index contributed by atoms with van der Waals surface area (Å²) in [5.41, 5.74) is 4.88. The second kappa shape index (κ2) is 7.58. The molecule has 1 aromatic rings. The second-order valence-electron chi connectivity index (χ2n) is 5.21. The molecule has 4 heteroatoms. The van der Waals surface area contributed by atoms with Gasteiger partial charge in [-0.25, -0.2) is 4.39 Å². The summed E-state index contributed by atoms with van der Waals surface area (Å²) in [6.07, 6.45) is 0.769. The molecule has 0 radical (unpaired) electrons. The molecule has 3 nitrogen and oxygen atoms in total. The molecule has 0 amide bonds. The third-order valence-corrected chi connectivity index (χ3v) is 3.37. The van der Waals surface area contributed by atoms with Crippen molar-refractivity contribution in [1.29, 1.82) is 0 Å². The van der Waals surface area contributed by atoms with Gasteiger partial charge in [0.2, 0.25) is 0 Å². The number of halogens is 1. The maximum absolute atomic E-state index is 13.1. The highest BCUT2D eigenvalue weighted by atomic mass is 19.1. The maximum Gasteiger partial charge on any atom is 0.123 e. The summed E-state index contributed by atoms with van der Waals surface area (Å²) in [5.74, 6) is 5.82. The molecule has 2 atom stereocenters. The number of hydrogen-bond donors (Lipinski definition) is 2. The van der Waals surface area contributed by atoms with E-state index in [1.54, 1.807) is 6.07 Å². The minimum atomic E-state index is -0.205. The van der Waals surface area contributed by atoms with Crippen LogP contribution in [0.2, 0.25) is 0 Å². The topological polar surface area (TPSA) is 47.3 Å². The van der Waals surface area contributed by atoms with Crippen molar-refractivity contribution in [2.24, 2.45) is 11.8 Å². The van der Waals surface area contributed by atoms with Crippen LogP contribution in [-0.4, -0.2) is 18.8 Å². The van der Waals surface area contributed by atoms with Crippen LogP contribution in [0.1, 0.15) is 31.9 Å². The standard InChI is InChI=1S/C15H25FN2O/c1-5-19-15(10(2)3)14(18-17)9-12-6-7-13(16)8-11(12)4/h6-8,10,14-15,18H,5,9,17H2,1-4H3. The van der Waals surface area contributed by atoms with Crippen molar-refractivity contribution in [2.45, 2.75) is 46.3 Å². The number of hydrazine groups is 1. The van der Waals surface area contributed by atoms with Crippen molar-refractivity contribution >= 4 is 0 Å². The largest absolute Gasteiger partial charge is 0.377 e. The Bertz CT molecular complexity index is 396. The van der Waals surface area contributed by atoms with E-state index in [4.69, 9.17) is 10.6 Å². The monoisotopic (exact) mass is 268 g/mol. The summed E-state index contributed by atoms with van der Waals surface area (Å²) in [7, 11) is 0. The lowest BCUT2D eigenvalue weighted by molar-refractivity contribution is 0.00352. The predicted molar refractivity (Wildman–Crippen MR) is 76.2 cm³/mol. The molecule has 0 aromatic heterocycles. The van der Waals surface area contributed by atoms with Crippen LogP contribution in [0, 0.1) is 18.7 Å². The van der Waals surface area contributed by atoms with Crippen molar-refractivity contribution in [3.8, 4) is 0 Å². The number of nitrogens with one attached hydrogen (secondary N) is 1. The molecule has 0 spiro atoms. The van der Waals surface area contributed by atoms with E-state index in [-0.39, 0.29) is 18.0 Å². The maximum atomic E-state index is 13.1. The smallest absolute Gasteiger partial charge is 0.123 e. The normalized spacial score (nSPS) is 14.7. The highest BCUT2D eigenvalue weighted by Gasteiger charge is 2.24. The van der Waals surface area contributed by atoms with Crippen molar-refractivity contribution in [3.05, 3.63) is 35.1 Å². The van der Waals surface area contributed by atoms with E-state index in [0.717, 1.165) is 17.5 Å². The van der Waals surface area contributed by atoms with E-state index in [9.17, 15) is 4.39 Å². The molecular formula is C15H25FN2O. The van der Waals surface area contributed by atoms with Crippen LogP contribution in [0.25, 0.3) is 0 Å². The molecule has 1 aromatic carbocycles. The average molecular weight is 268 g/mol.